The van der Waals surface area contributed by atoms with Crippen molar-refractivity contribution >= 4 is 11.9 Å². The molecule has 0 heterocycles. The molecule has 158 valence electrons. The molecule has 4 heteroatoms. The number of carbonyl (C=O) groups excluding carboxylic acids is 1. The molecule has 0 saturated carbocycles. The van der Waals surface area contributed by atoms with Crippen molar-refractivity contribution in [1.29, 1.82) is 0 Å². The van der Waals surface area contributed by atoms with Crippen LogP contribution in [-0.4, -0.2) is 23.7 Å². The Balaban J connectivity index is 3.61. The van der Waals surface area contributed by atoms with Crippen molar-refractivity contribution in [2.75, 3.05) is 6.61 Å². The van der Waals surface area contributed by atoms with Gasteiger partial charge in [-0.05, 0) is 38.5 Å². The molecule has 0 aromatic heterocycles. The average Bonchev–Trinajstić information content (AvgIpc) is 2.65. The lowest BCUT2D eigenvalue weighted by Crippen LogP contribution is -2.21. The molecule has 0 radical (unpaired) electrons. The molecule has 0 fully saturated rings. The van der Waals surface area contributed by atoms with E-state index in [1.54, 1.807) is 0 Å². The first kappa shape index (κ1) is 25.7. The van der Waals surface area contributed by atoms with Gasteiger partial charge in [-0.25, -0.2) is 0 Å². The molecule has 4 nitrogen and oxygen atoms in total. The number of carbonyl (C=O) groups is 2. The predicted octanol–water partition coefficient (Wildman–Crippen LogP) is 6.68. The molecule has 0 aromatic carbocycles. The number of hydrogen-bond donors (Lipinski definition) is 1. The highest BCUT2D eigenvalue weighted by Crippen LogP contribution is 2.18. The van der Waals surface area contributed by atoms with Crippen molar-refractivity contribution in [3.63, 3.8) is 0 Å². The Labute approximate surface area is 166 Å². The maximum Gasteiger partial charge on any atom is 0.309 e. The van der Waals surface area contributed by atoms with Gasteiger partial charge < -0.3 is 9.84 Å². The van der Waals surface area contributed by atoms with E-state index >= 15 is 0 Å². The molecular formula is C23H42O4. The van der Waals surface area contributed by atoms with E-state index in [0.29, 0.717) is 13.0 Å². The third kappa shape index (κ3) is 17.8. The van der Waals surface area contributed by atoms with Gasteiger partial charge in [0.15, 0.2) is 0 Å². The highest BCUT2D eigenvalue weighted by atomic mass is 16.5. The predicted molar refractivity (Wildman–Crippen MR) is 112 cm³/mol. The number of carboxylic acid groups (broad SMARTS) is 1. The summed E-state index contributed by atoms with van der Waals surface area (Å²) in [4.78, 5) is 22.8. The lowest BCUT2D eigenvalue weighted by Gasteiger charge is -2.13. The number of esters is 1. The number of carboxylic acids is 1. The maximum atomic E-state index is 11.9. The SMILES string of the molecule is CCCCC/C=C/CCCCCCCCCC(CC(=O)O)C(=O)OCCC. The first-order valence-corrected chi connectivity index (χ1v) is 11.1. The Morgan fingerprint density at radius 1 is 0.815 bits per heavy atom. The first-order valence-electron chi connectivity index (χ1n) is 11.1. The summed E-state index contributed by atoms with van der Waals surface area (Å²) < 4.78 is 5.12. The van der Waals surface area contributed by atoms with Crippen LogP contribution in [0.15, 0.2) is 12.2 Å². The molecule has 0 spiro atoms. The van der Waals surface area contributed by atoms with Crippen LogP contribution in [0.25, 0.3) is 0 Å². The second-order valence-electron chi connectivity index (χ2n) is 7.48. The summed E-state index contributed by atoms with van der Waals surface area (Å²) in [5, 5.41) is 8.96. The largest absolute Gasteiger partial charge is 0.481 e. The fourth-order valence-electron chi connectivity index (χ4n) is 3.12. The summed E-state index contributed by atoms with van der Waals surface area (Å²) in [6, 6.07) is 0. The molecule has 0 bridgehead atoms. The third-order valence-corrected chi connectivity index (χ3v) is 4.77. The van der Waals surface area contributed by atoms with E-state index in [2.05, 4.69) is 19.1 Å². The Morgan fingerprint density at radius 3 is 1.93 bits per heavy atom. The van der Waals surface area contributed by atoms with Gasteiger partial charge >= 0.3 is 11.9 Å². The number of ether oxygens (including phenoxy) is 1. The van der Waals surface area contributed by atoms with E-state index in [1.807, 2.05) is 6.92 Å². The molecule has 0 amide bonds. The van der Waals surface area contributed by atoms with Crippen LogP contribution in [0.5, 0.6) is 0 Å². The summed E-state index contributed by atoms with van der Waals surface area (Å²) >= 11 is 0. The Kier molecular flexibility index (Phi) is 18.5. The van der Waals surface area contributed by atoms with Crippen molar-refractivity contribution in [2.24, 2.45) is 5.92 Å². The number of hydrogen-bond acceptors (Lipinski definition) is 3. The highest BCUT2D eigenvalue weighted by Gasteiger charge is 2.22. The van der Waals surface area contributed by atoms with E-state index in [0.717, 1.165) is 25.7 Å². The second kappa shape index (κ2) is 19.4. The van der Waals surface area contributed by atoms with Gasteiger partial charge in [-0.15, -0.1) is 0 Å². The zero-order valence-electron chi connectivity index (χ0n) is 17.7. The van der Waals surface area contributed by atoms with Crippen LogP contribution in [0.3, 0.4) is 0 Å². The minimum atomic E-state index is -0.923. The fourth-order valence-corrected chi connectivity index (χ4v) is 3.12. The normalized spacial score (nSPS) is 12.4. The second-order valence-corrected chi connectivity index (χ2v) is 7.48. The molecule has 0 aliphatic rings. The summed E-state index contributed by atoms with van der Waals surface area (Å²) in [6.07, 6.45) is 20.5. The van der Waals surface area contributed by atoms with E-state index in [4.69, 9.17) is 9.84 Å². The van der Waals surface area contributed by atoms with Crippen molar-refractivity contribution in [1.82, 2.24) is 0 Å². The van der Waals surface area contributed by atoms with Crippen LogP contribution in [0.2, 0.25) is 0 Å². The van der Waals surface area contributed by atoms with E-state index in [-0.39, 0.29) is 12.4 Å². The number of allylic oxidation sites excluding steroid dienone is 2. The Bertz CT molecular complexity index is 390. The Hall–Kier alpha value is -1.32. The van der Waals surface area contributed by atoms with Gasteiger partial charge in [0.25, 0.3) is 0 Å². The van der Waals surface area contributed by atoms with Gasteiger partial charge in [0, 0.05) is 0 Å². The first-order chi connectivity index (χ1) is 13.1. The summed E-state index contributed by atoms with van der Waals surface area (Å²) in [7, 11) is 0. The van der Waals surface area contributed by atoms with Crippen molar-refractivity contribution in [3.8, 4) is 0 Å². The molecule has 1 atom stereocenters. The average molecular weight is 383 g/mol. The van der Waals surface area contributed by atoms with Crippen LogP contribution < -0.4 is 0 Å². The molecule has 0 aliphatic carbocycles. The zero-order valence-corrected chi connectivity index (χ0v) is 17.7. The molecular weight excluding hydrogens is 340 g/mol. The highest BCUT2D eigenvalue weighted by molar-refractivity contribution is 5.79. The van der Waals surface area contributed by atoms with E-state index in [9.17, 15) is 9.59 Å². The smallest absolute Gasteiger partial charge is 0.309 e. The lowest BCUT2D eigenvalue weighted by molar-refractivity contribution is -0.153. The quantitative estimate of drug-likeness (QED) is 0.154. The zero-order chi connectivity index (χ0) is 20.2. The number of unbranched alkanes of at least 4 members (excludes halogenated alkanes) is 10. The van der Waals surface area contributed by atoms with Crippen LogP contribution in [0.4, 0.5) is 0 Å². The van der Waals surface area contributed by atoms with Gasteiger partial charge in [0.1, 0.15) is 0 Å². The number of rotatable bonds is 19. The van der Waals surface area contributed by atoms with Gasteiger partial charge in [0.05, 0.1) is 18.9 Å². The monoisotopic (exact) mass is 382 g/mol. The van der Waals surface area contributed by atoms with Crippen molar-refractivity contribution < 1.29 is 19.4 Å². The summed E-state index contributed by atoms with van der Waals surface area (Å²) in [5.74, 6) is -1.76. The van der Waals surface area contributed by atoms with Gasteiger partial charge in [-0.3, -0.25) is 9.59 Å². The summed E-state index contributed by atoms with van der Waals surface area (Å²) in [5.41, 5.74) is 0. The molecule has 0 saturated heterocycles. The fraction of sp³-hybridized carbons (Fsp3) is 0.826. The minimum Gasteiger partial charge on any atom is -0.481 e. The van der Waals surface area contributed by atoms with Gasteiger partial charge in [-0.2, -0.15) is 0 Å². The molecule has 1 unspecified atom stereocenters. The van der Waals surface area contributed by atoms with Crippen LogP contribution >= 0.6 is 0 Å². The maximum absolute atomic E-state index is 11.9. The van der Waals surface area contributed by atoms with Crippen molar-refractivity contribution in [3.05, 3.63) is 12.2 Å². The van der Waals surface area contributed by atoms with Crippen molar-refractivity contribution in [2.45, 2.75) is 110 Å². The Morgan fingerprint density at radius 2 is 1.37 bits per heavy atom. The van der Waals surface area contributed by atoms with E-state index < -0.39 is 11.9 Å². The molecule has 0 rings (SSSR count). The third-order valence-electron chi connectivity index (χ3n) is 4.77. The molecule has 0 aromatic rings. The van der Waals surface area contributed by atoms with Crippen LogP contribution in [0.1, 0.15) is 110 Å². The minimum absolute atomic E-state index is 0.117. The van der Waals surface area contributed by atoms with Gasteiger partial charge in [-0.1, -0.05) is 77.4 Å². The molecule has 0 aliphatic heterocycles. The standard InChI is InChI=1S/C23H42O4/c1-3-5-6-7-8-9-10-11-12-13-14-15-16-17-18-21(20-22(24)25)23(26)27-19-4-2/h8-9,21H,3-7,10-20H2,1-2H3,(H,24,25)/b9-8+. The topological polar surface area (TPSA) is 63.6 Å². The van der Waals surface area contributed by atoms with E-state index in [1.165, 1.54) is 57.8 Å². The van der Waals surface area contributed by atoms with Crippen LogP contribution in [0, 0.1) is 5.92 Å². The molecule has 27 heavy (non-hydrogen) atoms. The molecule has 1 N–H and O–H groups in total. The van der Waals surface area contributed by atoms with Crippen LogP contribution in [-0.2, 0) is 14.3 Å². The summed E-state index contributed by atoms with van der Waals surface area (Å²) in [6.45, 7) is 4.55. The van der Waals surface area contributed by atoms with Gasteiger partial charge in [0.2, 0.25) is 0 Å². The number of aliphatic carboxylic acids is 1. The lowest BCUT2D eigenvalue weighted by atomic mass is 9.97.